The molecule has 1 aliphatic heterocycles. The van der Waals surface area contributed by atoms with E-state index in [1.807, 2.05) is 12.3 Å². The second kappa shape index (κ2) is 2.72. The molecule has 0 amide bonds. The van der Waals surface area contributed by atoms with Crippen LogP contribution < -0.4 is 4.74 Å². The van der Waals surface area contributed by atoms with E-state index in [4.69, 9.17) is 9.84 Å². The number of hydrogen-bond donors (Lipinski definition) is 1. The Labute approximate surface area is 80.7 Å². The number of pyridine rings is 1. The average molecular weight is 190 g/mol. The zero-order valence-corrected chi connectivity index (χ0v) is 7.60. The number of aliphatic hydroxyl groups excluding tert-OH is 1. The van der Waals surface area contributed by atoms with Crippen molar-refractivity contribution in [3.05, 3.63) is 29.6 Å². The van der Waals surface area contributed by atoms with Crippen LogP contribution in [-0.2, 0) is 13.0 Å². The van der Waals surface area contributed by atoms with Gasteiger partial charge >= 0.3 is 0 Å². The Balaban J connectivity index is 2.39. The molecule has 4 heteroatoms. The second-order valence-corrected chi connectivity index (χ2v) is 3.38. The van der Waals surface area contributed by atoms with E-state index in [2.05, 4.69) is 5.10 Å². The minimum Gasteiger partial charge on any atom is -0.493 e. The summed E-state index contributed by atoms with van der Waals surface area (Å²) in [4.78, 5) is 0. The Bertz CT molecular complexity index is 490. The van der Waals surface area contributed by atoms with Crippen molar-refractivity contribution in [2.24, 2.45) is 0 Å². The molecule has 0 radical (unpaired) electrons. The average Bonchev–Trinajstić information content (AvgIpc) is 2.82. The summed E-state index contributed by atoms with van der Waals surface area (Å²) in [6.07, 6.45) is 4.46. The predicted octanol–water partition coefficient (Wildman–Crippen LogP) is 0.761. The van der Waals surface area contributed by atoms with Crippen LogP contribution in [-0.4, -0.2) is 21.3 Å². The minimum absolute atomic E-state index is 0.0277. The fraction of sp³-hybridized carbons (Fsp3) is 0.300. The highest BCUT2D eigenvalue weighted by Gasteiger charge is 2.18. The molecular weight excluding hydrogens is 180 g/mol. The molecule has 72 valence electrons. The topological polar surface area (TPSA) is 46.8 Å². The maximum absolute atomic E-state index is 9.16. The van der Waals surface area contributed by atoms with Crippen molar-refractivity contribution < 1.29 is 9.84 Å². The quantitative estimate of drug-likeness (QED) is 0.722. The lowest BCUT2D eigenvalue weighted by Crippen LogP contribution is -1.91. The van der Waals surface area contributed by atoms with Crippen LogP contribution >= 0.6 is 0 Å². The highest BCUT2D eigenvalue weighted by Crippen LogP contribution is 2.30. The molecule has 0 aliphatic carbocycles. The maximum Gasteiger partial charge on any atom is 0.126 e. The number of hydrogen-bond acceptors (Lipinski definition) is 3. The van der Waals surface area contributed by atoms with Gasteiger partial charge in [-0.15, -0.1) is 0 Å². The van der Waals surface area contributed by atoms with Crippen molar-refractivity contribution in [2.45, 2.75) is 13.0 Å². The minimum atomic E-state index is 0.0277. The molecular formula is C10H10N2O2. The summed E-state index contributed by atoms with van der Waals surface area (Å²) in [5.41, 5.74) is 3.03. The van der Waals surface area contributed by atoms with Gasteiger partial charge in [-0.3, -0.25) is 0 Å². The second-order valence-electron chi connectivity index (χ2n) is 3.38. The van der Waals surface area contributed by atoms with Crippen molar-refractivity contribution in [1.82, 2.24) is 9.61 Å². The Hall–Kier alpha value is -1.55. The van der Waals surface area contributed by atoms with E-state index in [-0.39, 0.29) is 6.61 Å². The molecule has 3 rings (SSSR count). The molecule has 0 unspecified atom stereocenters. The van der Waals surface area contributed by atoms with Crippen LogP contribution in [0.3, 0.4) is 0 Å². The lowest BCUT2D eigenvalue weighted by molar-refractivity contribution is 0.283. The Kier molecular flexibility index (Phi) is 1.52. The Morgan fingerprint density at radius 2 is 2.50 bits per heavy atom. The molecule has 0 saturated carbocycles. The van der Waals surface area contributed by atoms with Gasteiger partial charge in [0.05, 0.1) is 24.9 Å². The summed E-state index contributed by atoms with van der Waals surface area (Å²) in [6.45, 7) is 0.755. The molecule has 0 aromatic carbocycles. The third-order valence-corrected chi connectivity index (χ3v) is 2.60. The van der Waals surface area contributed by atoms with Crippen molar-refractivity contribution in [1.29, 1.82) is 0 Å². The van der Waals surface area contributed by atoms with E-state index in [0.29, 0.717) is 0 Å². The van der Waals surface area contributed by atoms with Crippen LogP contribution in [0, 0.1) is 0 Å². The van der Waals surface area contributed by atoms with E-state index in [1.54, 1.807) is 10.7 Å². The molecule has 4 nitrogen and oxygen atoms in total. The third-order valence-electron chi connectivity index (χ3n) is 2.60. The summed E-state index contributed by atoms with van der Waals surface area (Å²) in [5, 5.41) is 13.3. The van der Waals surface area contributed by atoms with Gasteiger partial charge in [0, 0.05) is 23.7 Å². The van der Waals surface area contributed by atoms with E-state index < -0.39 is 0 Å². The lowest BCUT2D eigenvalue weighted by Gasteiger charge is -2.01. The van der Waals surface area contributed by atoms with Crippen LogP contribution in [0.1, 0.15) is 11.1 Å². The van der Waals surface area contributed by atoms with Crippen molar-refractivity contribution >= 4 is 5.52 Å². The van der Waals surface area contributed by atoms with Gasteiger partial charge in [-0.05, 0) is 6.07 Å². The summed E-state index contributed by atoms with van der Waals surface area (Å²) < 4.78 is 7.24. The molecule has 2 aromatic rings. The van der Waals surface area contributed by atoms with Gasteiger partial charge in [-0.1, -0.05) is 0 Å². The smallest absolute Gasteiger partial charge is 0.126 e. The van der Waals surface area contributed by atoms with Crippen LogP contribution in [0.5, 0.6) is 5.75 Å². The van der Waals surface area contributed by atoms with E-state index in [1.165, 1.54) is 0 Å². The van der Waals surface area contributed by atoms with Gasteiger partial charge in [0.1, 0.15) is 5.75 Å². The molecule has 0 fully saturated rings. The fourth-order valence-electron chi connectivity index (χ4n) is 1.95. The number of aliphatic hydroxyl groups is 1. The van der Waals surface area contributed by atoms with Gasteiger partial charge in [0.15, 0.2) is 0 Å². The molecule has 0 bridgehead atoms. The summed E-state index contributed by atoms with van der Waals surface area (Å²) in [6, 6.07) is 1.92. The normalized spacial score (nSPS) is 14.4. The molecule has 1 N–H and O–H groups in total. The first-order valence-electron chi connectivity index (χ1n) is 4.62. The largest absolute Gasteiger partial charge is 0.493 e. The first-order valence-corrected chi connectivity index (χ1v) is 4.62. The monoisotopic (exact) mass is 190 g/mol. The molecule has 14 heavy (non-hydrogen) atoms. The molecule has 0 saturated heterocycles. The molecule has 0 atom stereocenters. The number of fused-ring (bicyclic) bond motifs is 3. The SMILES string of the molecule is OCc1cnn2ccc3c(c12)CCO3. The van der Waals surface area contributed by atoms with E-state index in [0.717, 1.165) is 35.4 Å². The van der Waals surface area contributed by atoms with Gasteiger partial charge in [0.2, 0.25) is 0 Å². The first-order chi connectivity index (χ1) is 6.90. The van der Waals surface area contributed by atoms with Crippen LogP contribution in [0.4, 0.5) is 0 Å². The van der Waals surface area contributed by atoms with Crippen LogP contribution in [0.25, 0.3) is 5.52 Å². The summed E-state index contributed by atoms with van der Waals surface area (Å²) >= 11 is 0. The summed E-state index contributed by atoms with van der Waals surface area (Å²) in [7, 11) is 0. The molecule has 3 heterocycles. The van der Waals surface area contributed by atoms with Crippen molar-refractivity contribution in [2.75, 3.05) is 6.61 Å². The van der Waals surface area contributed by atoms with Gasteiger partial charge < -0.3 is 9.84 Å². The molecule has 2 aromatic heterocycles. The molecule has 1 aliphatic rings. The maximum atomic E-state index is 9.16. The molecule has 0 spiro atoms. The zero-order valence-electron chi connectivity index (χ0n) is 7.60. The Morgan fingerprint density at radius 1 is 1.57 bits per heavy atom. The zero-order chi connectivity index (χ0) is 9.54. The third kappa shape index (κ3) is 0.886. The predicted molar refractivity (Wildman–Crippen MR) is 50.3 cm³/mol. The van der Waals surface area contributed by atoms with Gasteiger partial charge in [-0.25, -0.2) is 4.52 Å². The number of ether oxygens (including phenoxy) is 1. The Morgan fingerprint density at radius 3 is 3.36 bits per heavy atom. The first kappa shape index (κ1) is 7.82. The number of aromatic nitrogens is 2. The van der Waals surface area contributed by atoms with Crippen LogP contribution in [0.2, 0.25) is 0 Å². The van der Waals surface area contributed by atoms with Crippen molar-refractivity contribution in [3.63, 3.8) is 0 Å². The van der Waals surface area contributed by atoms with Gasteiger partial charge in [-0.2, -0.15) is 5.10 Å². The highest BCUT2D eigenvalue weighted by atomic mass is 16.5. The van der Waals surface area contributed by atoms with Crippen molar-refractivity contribution in [3.8, 4) is 5.75 Å². The van der Waals surface area contributed by atoms with E-state index >= 15 is 0 Å². The van der Waals surface area contributed by atoms with E-state index in [9.17, 15) is 0 Å². The lowest BCUT2D eigenvalue weighted by atomic mass is 10.1. The standard InChI is InChI=1S/C10H10N2O2/c13-6-7-5-11-12-3-1-9-8(10(7)12)2-4-14-9/h1,3,5,13H,2,4,6H2. The highest BCUT2D eigenvalue weighted by molar-refractivity contribution is 5.65. The number of rotatable bonds is 1. The van der Waals surface area contributed by atoms with Crippen LogP contribution in [0.15, 0.2) is 18.5 Å². The fourth-order valence-corrected chi connectivity index (χ4v) is 1.95. The van der Waals surface area contributed by atoms with Gasteiger partial charge in [0.25, 0.3) is 0 Å². The number of nitrogens with zero attached hydrogens (tertiary/aromatic N) is 2. The summed E-state index contributed by atoms with van der Waals surface area (Å²) in [5.74, 6) is 0.924.